The van der Waals surface area contributed by atoms with Crippen LogP contribution < -0.4 is 5.32 Å². The third-order valence-electron chi connectivity index (χ3n) is 0.801. The smallest absolute Gasteiger partial charge is 0.0244 e. The van der Waals surface area contributed by atoms with Gasteiger partial charge in [0.25, 0.3) is 0 Å². The van der Waals surface area contributed by atoms with E-state index in [2.05, 4.69) is 18.8 Å². The van der Waals surface area contributed by atoms with Crippen molar-refractivity contribution in [1.29, 1.82) is 0 Å². The summed E-state index contributed by atoms with van der Waals surface area (Å²) in [7, 11) is 2.80. The van der Waals surface area contributed by atoms with E-state index in [9.17, 15) is 0 Å². The molecule has 2 atom stereocenters. The van der Waals surface area contributed by atoms with Crippen molar-refractivity contribution < 1.29 is 0 Å². The van der Waals surface area contributed by atoms with Gasteiger partial charge in [0.05, 0.1) is 0 Å². The average Bonchev–Trinajstić information content (AvgIpc) is 1.68. The fraction of sp³-hybridized carbons (Fsp3) is 0.600. The second-order valence-corrected chi connectivity index (χ2v) is 2.99. The molecule has 0 bridgehead atoms. The van der Waals surface area contributed by atoms with Gasteiger partial charge in [0.1, 0.15) is 0 Å². The van der Waals surface area contributed by atoms with Gasteiger partial charge >= 0.3 is 0 Å². The first kappa shape index (κ1) is 7.13. The van der Waals surface area contributed by atoms with Crippen LogP contribution in [0.15, 0.2) is 12.4 Å². The highest BCUT2D eigenvalue weighted by molar-refractivity contribution is 7.42. The van der Waals surface area contributed by atoms with Crippen LogP contribution in [0.25, 0.3) is 0 Å². The molecule has 0 saturated heterocycles. The Morgan fingerprint density at radius 3 is 2.57 bits per heavy atom. The Bertz CT molecular complexity index is 54.0. The molecule has 0 fully saturated rings. The molecule has 0 aliphatic heterocycles. The van der Waals surface area contributed by atoms with Crippen molar-refractivity contribution in [3.05, 3.63) is 12.4 Å². The van der Waals surface area contributed by atoms with Crippen molar-refractivity contribution in [2.75, 3.05) is 7.05 Å². The highest BCUT2D eigenvalue weighted by Crippen LogP contribution is 2.14. The summed E-state index contributed by atoms with van der Waals surface area (Å²) < 4.78 is 0. The van der Waals surface area contributed by atoms with Crippen LogP contribution in [0.2, 0.25) is 0 Å². The van der Waals surface area contributed by atoms with Crippen molar-refractivity contribution in [3.8, 4) is 0 Å². The van der Waals surface area contributed by atoms with Crippen LogP contribution in [-0.4, -0.2) is 12.8 Å². The van der Waals surface area contributed by atoms with Gasteiger partial charge in [-0.2, -0.15) is 0 Å². The molecular weight excluding hydrogens is 105 g/mol. The molecule has 0 aliphatic rings. The van der Waals surface area contributed by atoms with Crippen LogP contribution in [0, 0.1) is 0 Å². The zero-order valence-electron chi connectivity index (χ0n) is 4.86. The lowest BCUT2D eigenvalue weighted by Crippen LogP contribution is -2.14. The number of nitrogens with one attached hydrogen (secondary N) is 1. The van der Waals surface area contributed by atoms with Crippen molar-refractivity contribution in [3.63, 3.8) is 0 Å². The molecule has 0 heterocycles. The molecule has 1 N–H and O–H groups in total. The number of hydrogen-bond acceptors (Lipinski definition) is 1. The molecule has 1 nitrogen and oxygen atoms in total. The van der Waals surface area contributed by atoms with Crippen molar-refractivity contribution >= 4 is 8.58 Å². The SMILES string of the molecule is C=CPC(C)NC. The first-order chi connectivity index (χ1) is 3.31. The maximum atomic E-state index is 3.62. The fourth-order valence-electron chi connectivity index (χ4n) is 0.260. The quantitative estimate of drug-likeness (QED) is 0.550. The Morgan fingerprint density at radius 2 is 2.43 bits per heavy atom. The van der Waals surface area contributed by atoms with Gasteiger partial charge in [-0.3, -0.25) is 0 Å². The van der Waals surface area contributed by atoms with Gasteiger partial charge in [-0.25, -0.2) is 0 Å². The zero-order valence-corrected chi connectivity index (χ0v) is 5.86. The van der Waals surface area contributed by atoms with Gasteiger partial charge in [-0.15, -0.1) is 0 Å². The molecule has 2 heteroatoms. The maximum Gasteiger partial charge on any atom is 0.0244 e. The second kappa shape index (κ2) is 4.29. The van der Waals surface area contributed by atoms with Crippen LogP contribution in [0.3, 0.4) is 0 Å². The molecule has 0 aromatic carbocycles. The summed E-state index contributed by atoms with van der Waals surface area (Å²) in [4.78, 5) is 0. The van der Waals surface area contributed by atoms with Crippen LogP contribution in [0.4, 0.5) is 0 Å². The normalized spacial score (nSPS) is 15.1. The molecule has 0 amide bonds. The molecule has 0 aliphatic carbocycles. The predicted octanol–water partition coefficient (Wildman–Crippen LogP) is 1.37. The summed E-state index contributed by atoms with van der Waals surface area (Å²) >= 11 is 0. The largest absolute Gasteiger partial charge is 0.313 e. The topological polar surface area (TPSA) is 12.0 Å². The molecule has 0 spiro atoms. The van der Waals surface area contributed by atoms with E-state index >= 15 is 0 Å². The Hall–Kier alpha value is 0.130. The molecule has 7 heavy (non-hydrogen) atoms. The van der Waals surface area contributed by atoms with Gasteiger partial charge in [0.15, 0.2) is 0 Å². The zero-order chi connectivity index (χ0) is 5.70. The molecule has 0 rings (SSSR count). The molecule has 0 radical (unpaired) electrons. The summed E-state index contributed by atoms with van der Waals surface area (Å²) in [5.74, 6) is 2.55. The van der Waals surface area contributed by atoms with E-state index in [1.807, 2.05) is 12.9 Å². The van der Waals surface area contributed by atoms with Gasteiger partial charge in [-0.05, 0) is 14.0 Å². The fourth-order valence-corrected chi connectivity index (χ4v) is 0.780. The van der Waals surface area contributed by atoms with Crippen molar-refractivity contribution in [1.82, 2.24) is 5.32 Å². The Morgan fingerprint density at radius 1 is 1.86 bits per heavy atom. The minimum absolute atomic E-state index is 0.609. The lowest BCUT2D eigenvalue weighted by Gasteiger charge is -2.03. The van der Waals surface area contributed by atoms with E-state index in [1.165, 1.54) is 0 Å². The summed E-state index contributed by atoms with van der Waals surface area (Å²) in [6.07, 6.45) is 0. The van der Waals surface area contributed by atoms with Gasteiger partial charge in [0, 0.05) is 5.78 Å². The lowest BCUT2D eigenvalue weighted by molar-refractivity contribution is 0.803. The number of rotatable bonds is 3. The molecule has 0 saturated carbocycles. The third-order valence-corrected chi connectivity index (χ3v) is 1.83. The van der Waals surface area contributed by atoms with Gasteiger partial charge in [0.2, 0.25) is 0 Å². The monoisotopic (exact) mass is 117 g/mol. The van der Waals surface area contributed by atoms with Crippen LogP contribution in [0.1, 0.15) is 6.92 Å². The summed E-state index contributed by atoms with van der Waals surface area (Å²) in [6, 6.07) is 0. The molecule has 0 aromatic rings. The summed E-state index contributed by atoms with van der Waals surface area (Å²) in [6.45, 7) is 5.76. The summed E-state index contributed by atoms with van der Waals surface area (Å²) in [5.41, 5.74) is 0. The van der Waals surface area contributed by atoms with E-state index in [1.54, 1.807) is 0 Å². The highest BCUT2D eigenvalue weighted by atomic mass is 31.1. The van der Waals surface area contributed by atoms with E-state index in [-0.39, 0.29) is 0 Å². The molecule has 0 aromatic heterocycles. The van der Waals surface area contributed by atoms with Crippen molar-refractivity contribution in [2.45, 2.75) is 12.7 Å². The van der Waals surface area contributed by atoms with Crippen LogP contribution in [0.5, 0.6) is 0 Å². The number of hydrogen-bond donors (Lipinski definition) is 1. The Kier molecular flexibility index (Phi) is 4.37. The van der Waals surface area contributed by atoms with Crippen molar-refractivity contribution in [2.24, 2.45) is 0 Å². The van der Waals surface area contributed by atoms with E-state index < -0.39 is 0 Å². The Labute approximate surface area is 47.0 Å². The van der Waals surface area contributed by atoms with Crippen LogP contribution >= 0.6 is 8.58 Å². The van der Waals surface area contributed by atoms with Crippen LogP contribution in [-0.2, 0) is 0 Å². The minimum atomic E-state index is 0.609. The molecular formula is C5H12NP. The predicted molar refractivity (Wildman–Crippen MR) is 37.0 cm³/mol. The molecule has 42 valence electrons. The maximum absolute atomic E-state index is 3.62. The van der Waals surface area contributed by atoms with E-state index in [0.29, 0.717) is 5.78 Å². The van der Waals surface area contributed by atoms with E-state index in [0.717, 1.165) is 8.58 Å². The minimum Gasteiger partial charge on any atom is -0.313 e. The Balaban J connectivity index is 2.98. The standard InChI is InChI=1S/C5H12NP/c1-4-7-5(2)6-3/h4-7H,1H2,2-3H3. The average molecular weight is 117 g/mol. The van der Waals surface area contributed by atoms with E-state index in [4.69, 9.17) is 0 Å². The first-order valence-corrected chi connectivity index (χ1v) is 3.51. The van der Waals surface area contributed by atoms with Gasteiger partial charge in [-0.1, -0.05) is 21.0 Å². The first-order valence-electron chi connectivity index (χ1n) is 2.35. The second-order valence-electron chi connectivity index (χ2n) is 1.38. The summed E-state index contributed by atoms with van der Waals surface area (Å²) in [5, 5.41) is 3.11. The third kappa shape index (κ3) is 3.97. The lowest BCUT2D eigenvalue weighted by atomic mass is 10.8. The van der Waals surface area contributed by atoms with Gasteiger partial charge < -0.3 is 5.32 Å². The highest BCUT2D eigenvalue weighted by Gasteiger charge is 1.88. The molecule has 2 unspecified atom stereocenters.